The average Bonchev–Trinajstić information content (AvgIpc) is 2.48. The molecule has 1 aliphatic rings. The third kappa shape index (κ3) is 2.50. The SMILES string of the molecule is CCC1(CNCc2c(Cl)c(C)nn2C)CCC1. The largest absolute Gasteiger partial charge is 0.311 e. The molecule has 1 aromatic heterocycles. The lowest BCUT2D eigenvalue weighted by Gasteiger charge is -2.41. The first-order chi connectivity index (χ1) is 8.08. The molecule has 4 heteroatoms. The van der Waals surface area contributed by atoms with E-state index in [0.29, 0.717) is 5.41 Å². The molecule has 1 aromatic rings. The molecule has 1 aliphatic carbocycles. The number of halogens is 1. The van der Waals surface area contributed by atoms with Crippen LogP contribution in [0.25, 0.3) is 0 Å². The van der Waals surface area contributed by atoms with E-state index in [1.807, 2.05) is 18.7 Å². The van der Waals surface area contributed by atoms with Crippen molar-refractivity contribution in [2.24, 2.45) is 12.5 Å². The van der Waals surface area contributed by atoms with E-state index in [9.17, 15) is 0 Å². The highest BCUT2D eigenvalue weighted by atomic mass is 35.5. The average molecular weight is 256 g/mol. The van der Waals surface area contributed by atoms with E-state index < -0.39 is 0 Å². The number of rotatable bonds is 5. The smallest absolute Gasteiger partial charge is 0.0860 e. The van der Waals surface area contributed by atoms with Crippen molar-refractivity contribution in [1.29, 1.82) is 0 Å². The molecule has 0 spiro atoms. The van der Waals surface area contributed by atoms with Gasteiger partial charge in [0.1, 0.15) is 0 Å². The first-order valence-corrected chi connectivity index (χ1v) is 6.84. The van der Waals surface area contributed by atoms with Crippen molar-refractivity contribution in [3.8, 4) is 0 Å². The minimum Gasteiger partial charge on any atom is -0.311 e. The van der Waals surface area contributed by atoms with Crippen molar-refractivity contribution in [3.05, 3.63) is 16.4 Å². The fourth-order valence-corrected chi connectivity index (χ4v) is 2.88. The molecule has 1 fully saturated rings. The Kier molecular flexibility index (Phi) is 3.79. The Labute approximate surface area is 109 Å². The van der Waals surface area contributed by atoms with Crippen LogP contribution in [0.5, 0.6) is 0 Å². The summed E-state index contributed by atoms with van der Waals surface area (Å²) in [6, 6.07) is 0. The molecule has 17 heavy (non-hydrogen) atoms. The second kappa shape index (κ2) is 4.99. The summed E-state index contributed by atoms with van der Waals surface area (Å²) >= 11 is 6.22. The van der Waals surface area contributed by atoms with E-state index in [4.69, 9.17) is 11.6 Å². The Morgan fingerprint density at radius 2 is 2.18 bits per heavy atom. The molecule has 0 atom stereocenters. The number of hydrogen-bond acceptors (Lipinski definition) is 2. The lowest BCUT2D eigenvalue weighted by atomic mass is 9.67. The van der Waals surface area contributed by atoms with Gasteiger partial charge in [-0.15, -0.1) is 0 Å². The summed E-state index contributed by atoms with van der Waals surface area (Å²) < 4.78 is 1.88. The molecule has 0 amide bonds. The van der Waals surface area contributed by atoms with Crippen LogP contribution in [0.1, 0.15) is 44.0 Å². The summed E-state index contributed by atoms with van der Waals surface area (Å²) in [5.41, 5.74) is 2.56. The summed E-state index contributed by atoms with van der Waals surface area (Å²) in [4.78, 5) is 0. The molecule has 0 radical (unpaired) electrons. The quantitative estimate of drug-likeness (QED) is 0.877. The van der Waals surface area contributed by atoms with Crippen LogP contribution < -0.4 is 5.32 Å². The Morgan fingerprint density at radius 3 is 2.59 bits per heavy atom. The van der Waals surface area contributed by atoms with E-state index in [-0.39, 0.29) is 0 Å². The van der Waals surface area contributed by atoms with Crippen molar-refractivity contribution in [3.63, 3.8) is 0 Å². The van der Waals surface area contributed by atoms with Gasteiger partial charge in [0.2, 0.25) is 0 Å². The molecule has 3 nitrogen and oxygen atoms in total. The Balaban J connectivity index is 1.90. The molecule has 0 aliphatic heterocycles. The van der Waals surface area contributed by atoms with Gasteiger partial charge in [0, 0.05) is 20.1 Å². The predicted octanol–water partition coefficient (Wildman–Crippen LogP) is 3.05. The zero-order valence-electron chi connectivity index (χ0n) is 11.0. The van der Waals surface area contributed by atoms with E-state index in [2.05, 4.69) is 17.3 Å². The fourth-order valence-electron chi connectivity index (χ4n) is 2.65. The van der Waals surface area contributed by atoms with Gasteiger partial charge in [-0.05, 0) is 31.6 Å². The minimum atomic E-state index is 0.556. The summed E-state index contributed by atoms with van der Waals surface area (Å²) in [5, 5.41) is 8.67. The Morgan fingerprint density at radius 1 is 1.47 bits per heavy atom. The van der Waals surface area contributed by atoms with Gasteiger partial charge in [-0.2, -0.15) is 5.10 Å². The third-order valence-electron chi connectivity index (χ3n) is 4.22. The van der Waals surface area contributed by atoms with Crippen LogP contribution in [0.2, 0.25) is 5.02 Å². The lowest BCUT2D eigenvalue weighted by Crippen LogP contribution is -2.39. The summed E-state index contributed by atoms with van der Waals surface area (Å²) in [6.07, 6.45) is 5.41. The van der Waals surface area contributed by atoms with Crippen LogP contribution in [0, 0.1) is 12.3 Å². The highest BCUT2D eigenvalue weighted by Gasteiger charge is 2.34. The molecule has 1 N–H and O–H groups in total. The minimum absolute atomic E-state index is 0.556. The lowest BCUT2D eigenvalue weighted by molar-refractivity contribution is 0.123. The first kappa shape index (κ1) is 12.9. The number of aryl methyl sites for hydroxylation is 2. The van der Waals surface area contributed by atoms with E-state index in [1.54, 1.807) is 0 Å². The molecule has 0 saturated heterocycles. The van der Waals surface area contributed by atoms with Crippen molar-refractivity contribution < 1.29 is 0 Å². The van der Waals surface area contributed by atoms with Gasteiger partial charge in [-0.25, -0.2) is 0 Å². The maximum Gasteiger partial charge on any atom is 0.0860 e. The van der Waals surface area contributed by atoms with Crippen molar-refractivity contribution in [1.82, 2.24) is 15.1 Å². The second-order valence-corrected chi connectivity index (χ2v) is 5.66. The highest BCUT2D eigenvalue weighted by molar-refractivity contribution is 6.31. The zero-order valence-corrected chi connectivity index (χ0v) is 11.8. The summed E-state index contributed by atoms with van der Waals surface area (Å²) in [6.45, 7) is 6.16. The summed E-state index contributed by atoms with van der Waals surface area (Å²) in [7, 11) is 1.95. The van der Waals surface area contributed by atoms with Crippen molar-refractivity contribution >= 4 is 11.6 Å². The fraction of sp³-hybridized carbons (Fsp3) is 0.769. The molecule has 2 rings (SSSR count). The first-order valence-electron chi connectivity index (χ1n) is 6.47. The van der Waals surface area contributed by atoms with Crippen LogP contribution in [0.3, 0.4) is 0 Å². The molecule has 1 saturated carbocycles. The van der Waals surface area contributed by atoms with Gasteiger partial charge in [-0.1, -0.05) is 24.9 Å². The topological polar surface area (TPSA) is 29.9 Å². The van der Waals surface area contributed by atoms with Crippen LogP contribution in [0.4, 0.5) is 0 Å². The van der Waals surface area contributed by atoms with Crippen molar-refractivity contribution in [2.75, 3.05) is 6.54 Å². The molecular weight excluding hydrogens is 234 g/mol. The maximum atomic E-state index is 6.22. The third-order valence-corrected chi connectivity index (χ3v) is 4.71. The van der Waals surface area contributed by atoms with Gasteiger partial charge >= 0.3 is 0 Å². The molecule has 0 aromatic carbocycles. The van der Waals surface area contributed by atoms with Crippen molar-refractivity contribution in [2.45, 2.75) is 46.1 Å². The van der Waals surface area contributed by atoms with Gasteiger partial charge in [-0.3, -0.25) is 4.68 Å². The van der Waals surface area contributed by atoms with Crippen LogP contribution >= 0.6 is 11.6 Å². The second-order valence-electron chi connectivity index (χ2n) is 5.28. The molecule has 1 heterocycles. The number of nitrogens with zero attached hydrogens (tertiary/aromatic N) is 2. The normalized spacial score (nSPS) is 18.1. The molecular formula is C13H22ClN3. The van der Waals surface area contributed by atoms with Gasteiger partial charge in [0.15, 0.2) is 0 Å². The van der Waals surface area contributed by atoms with Gasteiger partial charge in [0.05, 0.1) is 16.4 Å². The van der Waals surface area contributed by atoms with Gasteiger partial charge in [0.25, 0.3) is 0 Å². The zero-order chi connectivity index (χ0) is 12.5. The Hall–Kier alpha value is -0.540. The highest BCUT2D eigenvalue weighted by Crippen LogP contribution is 2.43. The number of aromatic nitrogens is 2. The van der Waals surface area contributed by atoms with E-state index in [0.717, 1.165) is 29.5 Å². The van der Waals surface area contributed by atoms with E-state index >= 15 is 0 Å². The Bertz CT molecular complexity index is 388. The van der Waals surface area contributed by atoms with Crippen LogP contribution in [-0.4, -0.2) is 16.3 Å². The van der Waals surface area contributed by atoms with Gasteiger partial charge < -0.3 is 5.32 Å². The summed E-state index contributed by atoms with van der Waals surface area (Å²) in [5.74, 6) is 0. The van der Waals surface area contributed by atoms with Crippen LogP contribution in [0.15, 0.2) is 0 Å². The number of nitrogens with one attached hydrogen (secondary N) is 1. The molecule has 0 bridgehead atoms. The molecule has 96 valence electrons. The molecule has 0 unspecified atom stereocenters. The monoisotopic (exact) mass is 255 g/mol. The number of hydrogen-bond donors (Lipinski definition) is 1. The predicted molar refractivity (Wildman–Crippen MR) is 71.2 cm³/mol. The standard InChI is InChI=1S/C13H22ClN3/c1-4-13(6-5-7-13)9-15-8-11-12(14)10(2)16-17(11)3/h15H,4-9H2,1-3H3. The maximum absolute atomic E-state index is 6.22. The van der Waals surface area contributed by atoms with E-state index in [1.165, 1.54) is 25.7 Å². The van der Waals surface area contributed by atoms with Crippen LogP contribution in [-0.2, 0) is 13.6 Å².